The Bertz CT molecular complexity index is 540. The minimum absolute atomic E-state index is 0.259. The van der Waals surface area contributed by atoms with Crippen LogP contribution in [0.5, 0.6) is 0 Å². The van der Waals surface area contributed by atoms with Crippen LogP contribution in [0.3, 0.4) is 0 Å². The Morgan fingerprint density at radius 1 is 1.33 bits per heavy atom. The van der Waals surface area contributed by atoms with Gasteiger partial charge >= 0.3 is 0 Å². The molecule has 8 heteroatoms. The van der Waals surface area contributed by atoms with Crippen LogP contribution in [0.15, 0.2) is 17.3 Å². The molecule has 1 aromatic rings. The largest absolute Gasteiger partial charge is 0.379 e. The second kappa shape index (κ2) is 6.43. The number of nitrogens with zero attached hydrogens (tertiary/aromatic N) is 3. The lowest BCUT2D eigenvalue weighted by Crippen LogP contribution is -2.46. The number of sulfonamides is 1. The van der Waals surface area contributed by atoms with Gasteiger partial charge in [-0.3, -0.25) is 10.00 Å². The number of rotatable bonds is 4. The highest BCUT2D eigenvalue weighted by atomic mass is 32.2. The molecule has 0 bridgehead atoms. The van der Waals surface area contributed by atoms with Gasteiger partial charge in [-0.25, -0.2) is 8.42 Å². The number of ether oxygens (including phenoxy) is 1. The molecule has 118 valence electrons. The van der Waals surface area contributed by atoms with Gasteiger partial charge in [0.15, 0.2) is 0 Å². The van der Waals surface area contributed by atoms with Crippen LogP contribution in [-0.2, 0) is 14.8 Å². The van der Waals surface area contributed by atoms with E-state index < -0.39 is 10.0 Å². The van der Waals surface area contributed by atoms with E-state index >= 15 is 0 Å². The maximum Gasteiger partial charge on any atom is 0.246 e. The molecule has 2 aliphatic heterocycles. The monoisotopic (exact) mass is 314 g/mol. The van der Waals surface area contributed by atoms with Gasteiger partial charge < -0.3 is 4.74 Å². The maximum atomic E-state index is 12.5. The summed E-state index contributed by atoms with van der Waals surface area (Å²) in [4.78, 5) is 2.64. The second-order valence-corrected chi connectivity index (χ2v) is 7.66. The van der Waals surface area contributed by atoms with Crippen LogP contribution in [0.25, 0.3) is 0 Å². The molecule has 2 fully saturated rings. The minimum atomic E-state index is -3.40. The van der Waals surface area contributed by atoms with Crippen molar-refractivity contribution in [3.63, 3.8) is 0 Å². The van der Waals surface area contributed by atoms with Crippen LogP contribution in [0.4, 0.5) is 0 Å². The van der Waals surface area contributed by atoms with E-state index in [1.165, 1.54) is 12.4 Å². The highest BCUT2D eigenvalue weighted by Crippen LogP contribution is 2.24. The molecular weight excluding hydrogens is 292 g/mol. The Morgan fingerprint density at radius 2 is 2.14 bits per heavy atom. The molecule has 0 spiro atoms. The zero-order chi connectivity index (χ0) is 14.7. The summed E-state index contributed by atoms with van der Waals surface area (Å²) in [5.41, 5.74) is 0. The summed E-state index contributed by atoms with van der Waals surface area (Å²) >= 11 is 0. The Kier molecular flexibility index (Phi) is 4.58. The highest BCUT2D eigenvalue weighted by Gasteiger charge is 2.31. The van der Waals surface area contributed by atoms with Crippen LogP contribution in [-0.4, -0.2) is 73.8 Å². The van der Waals surface area contributed by atoms with Gasteiger partial charge in [0.1, 0.15) is 4.90 Å². The molecule has 21 heavy (non-hydrogen) atoms. The van der Waals surface area contributed by atoms with Crippen molar-refractivity contribution in [2.45, 2.75) is 17.7 Å². The lowest BCUT2D eigenvalue weighted by molar-refractivity contribution is 0.0265. The van der Waals surface area contributed by atoms with Gasteiger partial charge in [-0.05, 0) is 18.8 Å². The summed E-state index contributed by atoms with van der Waals surface area (Å²) in [6, 6.07) is 0. The second-order valence-electron chi connectivity index (χ2n) is 5.72. The number of aromatic nitrogens is 2. The topological polar surface area (TPSA) is 78.5 Å². The van der Waals surface area contributed by atoms with Crippen molar-refractivity contribution in [3.05, 3.63) is 12.4 Å². The molecule has 2 saturated heterocycles. The fraction of sp³-hybridized carbons (Fsp3) is 0.769. The number of hydrogen-bond acceptors (Lipinski definition) is 5. The Morgan fingerprint density at radius 3 is 2.86 bits per heavy atom. The third-order valence-corrected chi connectivity index (χ3v) is 6.04. The lowest BCUT2D eigenvalue weighted by atomic mass is 9.99. The molecule has 0 unspecified atom stereocenters. The number of hydrogen-bond donors (Lipinski definition) is 1. The zero-order valence-electron chi connectivity index (χ0n) is 12.1. The first-order valence-corrected chi connectivity index (χ1v) is 8.89. The summed E-state index contributed by atoms with van der Waals surface area (Å²) in [6.45, 7) is 5.63. The molecule has 0 aromatic carbocycles. The fourth-order valence-corrected chi connectivity index (χ4v) is 4.53. The van der Waals surface area contributed by atoms with Gasteiger partial charge in [-0.15, -0.1) is 0 Å². The Hall–Kier alpha value is -0.960. The molecule has 3 rings (SSSR count). The third-order valence-electron chi connectivity index (χ3n) is 4.21. The van der Waals surface area contributed by atoms with Gasteiger partial charge in [0.25, 0.3) is 0 Å². The SMILES string of the molecule is O=S(=O)(c1cn[nH]c1)N1CCC[C@H](CN2CCOCC2)C1. The molecule has 0 saturated carbocycles. The van der Waals surface area contributed by atoms with E-state index in [9.17, 15) is 8.42 Å². The van der Waals surface area contributed by atoms with Crippen molar-refractivity contribution in [1.82, 2.24) is 19.4 Å². The number of aromatic amines is 1. The first-order valence-electron chi connectivity index (χ1n) is 7.45. The number of H-pyrrole nitrogens is 1. The van der Waals surface area contributed by atoms with Crippen LogP contribution < -0.4 is 0 Å². The van der Waals surface area contributed by atoms with E-state index in [0.29, 0.717) is 19.0 Å². The Labute approximate surface area is 125 Å². The van der Waals surface area contributed by atoms with E-state index in [1.54, 1.807) is 4.31 Å². The summed E-state index contributed by atoms with van der Waals surface area (Å²) < 4.78 is 32.0. The molecule has 0 amide bonds. The van der Waals surface area contributed by atoms with Gasteiger partial charge in [-0.1, -0.05) is 0 Å². The lowest BCUT2D eigenvalue weighted by Gasteiger charge is -2.36. The summed E-state index contributed by atoms with van der Waals surface area (Å²) in [6.07, 6.45) is 4.84. The molecular formula is C13H22N4O3S. The van der Waals surface area contributed by atoms with Crippen LogP contribution in [0.2, 0.25) is 0 Å². The standard InChI is InChI=1S/C13H22N4O3S/c18-21(19,13-8-14-15-9-13)17-3-1-2-12(11-17)10-16-4-6-20-7-5-16/h8-9,12H,1-7,10-11H2,(H,14,15)/t12-/m1/s1. The van der Waals surface area contributed by atoms with Crippen molar-refractivity contribution in [3.8, 4) is 0 Å². The van der Waals surface area contributed by atoms with Crippen molar-refractivity contribution in [2.75, 3.05) is 45.9 Å². The Balaban J connectivity index is 1.63. The number of morpholine rings is 1. The highest BCUT2D eigenvalue weighted by molar-refractivity contribution is 7.89. The molecule has 1 N–H and O–H groups in total. The van der Waals surface area contributed by atoms with Crippen LogP contribution in [0.1, 0.15) is 12.8 Å². The molecule has 7 nitrogen and oxygen atoms in total. The van der Waals surface area contributed by atoms with E-state index in [0.717, 1.165) is 45.7 Å². The third kappa shape index (κ3) is 3.45. The fourth-order valence-electron chi connectivity index (χ4n) is 3.07. The zero-order valence-corrected chi connectivity index (χ0v) is 12.9. The van der Waals surface area contributed by atoms with E-state index in [2.05, 4.69) is 15.1 Å². The van der Waals surface area contributed by atoms with Crippen LogP contribution >= 0.6 is 0 Å². The quantitative estimate of drug-likeness (QED) is 0.855. The first-order chi connectivity index (χ1) is 10.2. The predicted octanol–water partition coefficient (Wildman–Crippen LogP) is 0.143. The molecule has 1 aromatic heterocycles. The van der Waals surface area contributed by atoms with E-state index in [-0.39, 0.29) is 4.90 Å². The van der Waals surface area contributed by atoms with Crippen LogP contribution in [0, 0.1) is 5.92 Å². The first kappa shape index (κ1) is 15.0. The van der Waals surface area contributed by atoms with E-state index in [4.69, 9.17) is 4.74 Å². The summed E-state index contributed by atoms with van der Waals surface area (Å²) in [5, 5.41) is 6.32. The molecule has 0 radical (unpaired) electrons. The number of nitrogens with one attached hydrogen (secondary N) is 1. The smallest absolute Gasteiger partial charge is 0.246 e. The van der Waals surface area contributed by atoms with Gasteiger partial charge in [0.2, 0.25) is 10.0 Å². The van der Waals surface area contributed by atoms with Crippen molar-refractivity contribution >= 4 is 10.0 Å². The average Bonchev–Trinajstić information content (AvgIpc) is 3.04. The maximum absolute atomic E-state index is 12.5. The van der Waals surface area contributed by atoms with Gasteiger partial charge in [-0.2, -0.15) is 9.40 Å². The average molecular weight is 314 g/mol. The van der Waals surface area contributed by atoms with Crippen molar-refractivity contribution in [2.24, 2.45) is 5.92 Å². The normalized spacial score (nSPS) is 26.0. The number of piperidine rings is 1. The molecule has 1 atom stereocenters. The van der Waals surface area contributed by atoms with Gasteiger partial charge in [0, 0.05) is 38.9 Å². The molecule has 0 aliphatic carbocycles. The van der Waals surface area contributed by atoms with E-state index in [1.807, 2.05) is 0 Å². The summed E-state index contributed by atoms with van der Waals surface area (Å²) in [7, 11) is -3.40. The molecule has 3 heterocycles. The summed E-state index contributed by atoms with van der Waals surface area (Å²) in [5.74, 6) is 0.401. The molecule has 2 aliphatic rings. The van der Waals surface area contributed by atoms with Gasteiger partial charge in [0.05, 0.1) is 19.4 Å². The van der Waals surface area contributed by atoms with Crippen molar-refractivity contribution < 1.29 is 13.2 Å². The minimum Gasteiger partial charge on any atom is -0.379 e. The van der Waals surface area contributed by atoms with Crippen molar-refractivity contribution in [1.29, 1.82) is 0 Å². The predicted molar refractivity (Wildman–Crippen MR) is 77.3 cm³/mol.